The van der Waals surface area contributed by atoms with Gasteiger partial charge in [0.2, 0.25) is 5.91 Å². The average Bonchev–Trinajstić information content (AvgIpc) is 2.16. The van der Waals surface area contributed by atoms with Gasteiger partial charge in [-0.1, -0.05) is 12.1 Å². The Kier molecular flexibility index (Phi) is 4.35. The molecule has 1 rings (SSSR count). The van der Waals surface area contributed by atoms with E-state index in [0.29, 0.717) is 6.42 Å². The molecule has 0 saturated carbocycles. The summed E-state index contributed by atoms with van der Waals surface area (Å²) in [7, 11) is 1.65. The van der Waals surface area contributed by atoms with Crippen LogP contribution in [0, 0.1) is 6.92 Å². The number of carbonyl (C=O) groups is 1. The SMILES string of the molecule is COc1ccc(CC(=O)NC(C)C)cc1C. The Balaban J connectivity index is 2.68. The molecule has 0 spiro atoms. The highest BCUT2D eigenvalue weighted by molar-refractivity contribution is 5.78. The lowest BCUT2D eigenvalue weighted by Gasteiger charge is -2.10. The summed E-state index contributed by atoms with van der Waals surface area (Å²) in [4.78, 5) is 11.5. The van der Waals surface area contributed by atoms with Crippen molar-refractivity contribution in [1.82, 2.24) is 5.32 Å². The van der Waals surface area contributed by atoms with Crippen molar-refractivity contribution in [3.63, 3.8) is 0 Å². The molecule has 1 amide bonds. The van der Waals surface area contributed by atoms with E-state index in [-0.39, 0.29) is 11.9 Å². The van der Waals surface area contributed by atoms with Gasteiger partial charge in [0, 0.05) is 6.04 Å². The van der Waals surface area contributed by atoms with Crippen LogP contribution in [0.2, 0.25) is 0 Å². The second-order valence-corrected chi connectivity index (χ2v) is 4.20. The van der Waals surface area contributed by atoms with E-state index in [0.717, 1.165) is 16.9 Å². The predicted molar refractivity (Wildman–Crippen MR) is 64.7 cm³/mol. The van der Waals surface area contributed by atoms with Crippen LogP contribution < -0.4 is 10.1 Å². The van der Waals surface area contributed by atoms with Gasteiger partial charge in [-0.15, -0.1) is 0 Å². The van der Waals surface area contributed by atoms with Crippen molar-refractivity contribution < 1.29 is 9.53 Å². The third kappa shape index (κ3) is 3.57. The molecule has 1 aromatic carbocycles. The molecule has 0 heterocycles. The van der Waals surface area contributed by atoms with Crippen molar-refractivity contribution >= 4 is 5.91 Å². The van der Waals surface area contributed by atoms with E-state index in [9.17, 15) is 4.79 Å². The molecule has 0 bridgehead atoms. The number of benzene rings is 1. The van der Waals surface area contributed by atoms with E-state index >= 15 is 0 Å². The highest BCUT2D eigenvalue weighted by Gasteiger charge is 2.06. The van der Waals surface area contributed by atoms with Crippen LogP contribution in [0.3, 0.4) is 0 Å². The smallest absolute Gasteiger partial charge is 0.224 e. The van der Waals surface area contributed by atoms with Crippen molar-refractivity contribution in [2.24, 2.45) is 0 Å². The van der Waals surface area contributed by atoms with Crippen LogP contribution in [-0.4, -0.2) is 19.1 Å². The molecule has 3 heteroatoms. The van der Waals surface area contributed by atoms with Gasteiger partial charge >= 0.3 is 0 Å². The topological polar surface area (TPSA) is 38.3 Å². The summed E-state index contributed by atoms with van der Waals surface area (Å²) in [5.41, 5.74) is 2.06. The van der Waals surface area contributed by atoms with E-state index in [1.54, 1.807) is 7.11 Å². The first kappa shape index (κ1) is 12.6. The molecule has 0 atom stereocenters. The number of methoxy groups -OCH3 is 1. The fourth-order valence-electron chi connectivity index (χ4n) is 1.61. The third-order valence-electron chi connectivity index (χ3n) is 2.27. The van der Waals surface area contributed by atoms with Gasteiger partial charge in [-0.2, -0.15) is 0 Å². The van der Waals surface area contributed by atoms with E-state index < -0.39 is 0 Å². The van der Waals surface area contributed by atoms with E-state index in [1.807, 2.05) is 39.0 Å². The highest BCUT2D eigenvalue weighted by atomic mass is 16.5. The van der Waals surface area contributed by atoms with Crippen LogP contribution in [-0.2, 0) is 11.2 Å². The van der Waals surface area contributed by atoms with Crippen molar-refractivity contribution in [3.05, 3.63) is 29.3 Å². The van der Waals surface area contributed by atoms with Gasteiger partial charge in [-0.05, 0) is 38.0 Å². The number of aryl methyl sites for hydroxylation is 1. The number of amides is 1. The fourth-order valence-corrected chi connectivity index (χ4v) is 1.61. The summed E-state index contributed by atoms with van der Waals surface area (Å²) in [6.07, 6.45) is 0.420. The molecule has 88 valence electrons. The molecule has 0 aliphatic heterocycles. The maximum absolute atomic E-state index is 11.5. The lowest BCUT2D eigenvalue weighted by molar-refractivity contribution is -0.120. The summed E-state index contributed by atoms with van der Waals surface area (Å²) < 4.78 is 5.17. The van der Waals surface area contributed by atoms with Crippen LogP contribution in [0.25, 0.3) is 0 Å². The lowest BCUT2D eigenvalue weighted by atomic mass is 10.1. The molecule has 3 nitrogen and oxygen atoms in total. The first-order chi connectivity index (χ1) is 7.52. The Morgan fingerprint density at radius 3 is 2.62 bits per heavy atom. The number of ether oxygens (including phenoxy) is 1. The van der Waals surface area contributed by atoms with Gasteiger partial charge in [-0.3, -0.25) is 4.79 Å². The summed E-state index contributed by atoms with van der Waals surface area (Å²) in [6, 6.07) is 5.99. The van der Waals surface area contributed by atoms with Gasteiger partial charge in [0.1, 0.15) is 5.75 Å². The summed E-state index contributed by atoms with van der Waals surface area (Å²) in [6.45, 7) is 5.89. The van der Waals surface area contributed by atoms with Crippen molar-refractivity contribution in [1.29, 1.82) is 0 Å². The quantitative estimate of drug-likeness (QED) is 0.845. The Bertz CT molecular complexity index is 372. The number of hydrogen-bond acceptors (Lipinski definition) is 2. The number of rotatable bonds is 4. The zero-order chi connectivity index (χ0) is 12.1. The Labute approximate surface area is 96.8 Å². The number of hydrogen-bond donors (Lipinski definition) is 1. The van der Waals surface area contributed by atoms with Crippen LogP contribution in [0.5, 0.6) is 5.75 Å². The summed E-state index contributed by atoms with van der Waals surface area (Å²) in [5.74, 6) is 0.910. The monoisotopic (exact) mass is 221 g/mol. The van der Waals surface area contributed by atoms with Gasteiger partial charge in [0.25, 0.3) is 0 Å². The summed E-state index contributed by atoms with van der Waals surface area (Å²) in [5, 5.41) is 2.87. The van der Waals surface area contributed by atoms with Gasteiger partial charge < -0.3 is 10.1 Å². The minimum absolute atomic E-state index is 0.0552. The largest absolute Gasteiger partial charge is 0.496 e. The standard InChI is InChI=1S/C13H19NO2/c1-9(2)14-13(15)8-11-5-6-12(16-4)10(3)7-11/h5-7,9H,8H2,1-4H3,(H,14,15). The Morgan fingerprint density at radius 2 is 2.12 bits per heavy atom. The molecule has 0 aliphatic carbocycles. The van der Waals surface area contributed by atoms with E-state index in [4.69, 9.17) is 4.74 Å². The van der Waals surface area contributed by atoms with Crippen molar-refractivity contribution in [2.45, 2.75) is 33.2 Å². The molecule has 16 heavy (non-hydrogen) atoms. The third-order valence-corrected chi connectivity index (χ3v) is 2.27. The van der Waals surface area contributed by atoms with Gasteiger partial charge in [0.05, 0.1) is 13.5 Å². The molecular weight excluding hydrogens is 202 g/mol. The lowest BCUT2D eigenvalue weighted by Crippen LogP contribution is -2.31. The van der Waals surface area contributed by atoms with Crippen LogP contribution >= 0.6 is 0 Å². The summed E-state index contributed by atoms with van der Waals surface area (Å²) >= 11 is 0. The molecule has 0 aliphatic rings. The van der Waals surface area contributed by atoms with E-state index in [1.165, 1.54) is 0 Å². The molecule has 0 radical (unpaired) electrons. The molecule has 0 aromatic heterocycles. The normalized spacial score (nSPS) is 10.3. The van der Waals surface area contributed by atoms with Gasteiger partial charge in [0.15, 0.2) is 0 Å². The Hall–Kier alpha value is -1.51. The first-order valence-corrected chi connectivity index (χ1v) is 5.46. The van der Waals surface area contributed by atoms with Crippen LogP contribution in [0.15, 0.2) is 18.2 Å². The van der Waals surface area contributed by atoms with Crippen molar-refractivity contribution in [2.75, 3.05) is 7.11 Å². The zero-order valence-corrected chi connectivity index (χ0v) is 10.3. The maximum atomic E-state index is 11.5. The second kappa shape index (κ2) is 5.54. The Morgan fingerprint density at radius 1 is 1.44 bits per heavy atom. The highest BCUT2D eigenvalue weighted by Crippen LogP contribution is 2.18. The number of carbonyl (C=O) groups excluding carboxylic acids is 1. The molecule has 1 aromatic rings. The fraction of sp³-hybridized carbons (Fsp3) is 0.462. The zero-order valence-electron chi connectivity index (χ0n) is 10.3. The van der Waals surface area contributed by atoms with Gasteiger partial charge in [-0.25, -0.2) is 0 Å². The second-order valence-electron chi connectivity index (χ2n) is 4.20. The minimum Gasteiger partial charge on any atom is -0.496 e. The minimum atomic E-state index is 0.0552. The molecular formula is C13H19NO2. The molecule has 1 N–H and O–H groups in total. The van der Waals surface area contributed by atoms with Crippen molar-refractivity contribution in [3.8, 4) is 5.75 Å². The maximum Gasteiger partial charge on any atom is 0.224 e. The first-order valence-electron chi connectivity index (χ1n) is 5.46. The number of nitrogens with one attached hydrogen (secondary N) is 1. The average molecular weight is 221 g/mol. The van der Waals surface area contributed by atoms with Crippen LogP contribution in [0.1, 0.15) is 25.0 Å². The molecule has 0 unspecified atom stereocenters. The predicted octanol–water partition coefficient (Wildman–Crippen LogP) is 2.07. The van der Waals surface area contributed by atoms with Crippen LogP contribution in [0.4, 0.5) is 0 Å². The molecule has 0 saturated heterocycles. The molecule has 0 fully saturated rings. The van der Waals surface area contributed by atoms with E-state index in [2.05, 4.69) is 5.32 Å².